The van der Waals surface area contributed by atoms with Crippen LogP contribution in [0.1, 0.15) is 61.8 Å². The molecule has 0 aromatic heterocycles. The standard InChI is InChI=1S/C24H34BO4/c1-7-9-11-26-23-17(3)13-21(14-18(23)4)28-25-29-22-15-19(5)24(20(6)16-22)27-12-10-8-2/h13-16H,7-12H2,1-6H3. The molecule has 0 aliphatic heterocycles. The van der Waals surface area contributed by atoms with Crippen molar-refractivity contribution in [1.29, 1.82) is 0 Å². The van der Waals surface area contributed by atoms with Gasteiger partial charge in [-0.15, -0.1) is 0 Å². The molecule has 157 valence electrons. The minimum atomic E-state index is 0.732. The Balaban J connectivity index is 1.94. The number of rotatable bonds is 12. The van der Waals surface area contributed by atoms with Crippen molar-refractivity contribution in [3.8, 4) is 23.0 Å². The zero-order chi connectivity index (χ0) is 21.2. The van der Waals surface area contributed by atoms with Gasteiger partial charge in [0.25, 0.3) is 0 Å². The lowest BCUT2D eigenvalue weighted by molar-refractivity contribution is 0.305. The average molecular weight is 397 g/mol. The minimum absolute atomic E-state index is 0.732. The Morgan fingerprint density at radius 1 is 0.621 bits per heavy atom. The van der Waals surface area contributed by atoms with Crippen LogP contribution < -0.4 is 18.8 Å². The monoisotopic (exact) mass is 397 g/mol. The van der Waals surface area contributed by atoms with Gasteiger partial charge in [-0.3, -0.25) is 0 Å². The first-order valence-corrected chi connectivity index (χ1v) is 10.6. The van der Waals surface area contributed by atoms with E-state index < -0.39 is 0 Å². The van der Waals surface area contributed by atoms with Crippen molar-refractivity contribution in [2.75, 3.05) is 13.2 Å². The Bertz CT molecular complexity index is 677. The van der Waals surface area contributed by atoms with E-state index >= 15 is 0 Å². The Labute approximate surface area is 176 Å². The third-order valence-electron chi connectivity index (χ3n) is 4.72. The second-order valence-electron chi connectivity index (χ2n) is 7.51. The molecule has 2 rings (SSSR count). The summed E-state index contributed by atoms with van der Waals surface area (Å²) >= 11 is 0. The lowest BCUT2D eigenvalue weighted by Gasteiger charge is -2.16. The van der Waals surface area contributed by atoms with Crippen LogP contribution in [0.25, 0.3) is 0 Å². The predicted molar refractivity (Wildman–Crippen MR) is 120 cm³/mol. The topological polar surface area (TPSA) is 36.9 Å². The number of hydrogen-bond acceptors (Lipinski definition) is 4. The summed E-state index contributed by atoms with van der Waals surface area (Å²) in [6.45, 7) is 13.9. The summed E-state index contributed by atoms with van der Waals surface area (Å²) < 4.78 is 23.2. The highest BCUT2D eigenvalue weighted by Gasteiger charge is 2.11. The van der Waals surface area contributed by atoms with Crippen molar-refractivity contribution in [1.82, 2.24) is 0 Å². The van der Waals surface area contributed by atoms with Gasteiger partial charge in [-0.2, -0.15) is 0 Å². The van der Waals surface area contributed by atoms with E-state index in [4.69, 9.17) is 18.8 Å². The smallest absolute Gasteiger partial charge is 0.526 e. The summed E-state index contributed by atoms with van der Waals surface area (Å²) in [7, 11) is 1.37. The molecule has 0 spiro atoms. The fourth-order valence-corrected chi connectivity index (χ4v) is 3.18. The first-order valence-electron chi connectivity index (χ1n) is 10.6. The Morgan fingerprint density at radius 3 is 1.28 bits per heavy atom. The number of benzene rings is 2. The van der Waals surface area contributed by atoms with Crippen LogP contribution >= 0.6 is 0 Å². The second kappa shape index (κ2) is 11.6. The predicted octanol–water partition coefficient (Wildman–Crippen LogP) is 6.27. The Morgan fingerprint density at radius 2 is 0.966 bits per heavy atom. The highest BCUT2D eigenvalue weighted by atomic mass is 16.6. The minimum Gasteiger partial charge on any atom is -0.526 e. The van der Waals surface area contributed by atoms with Gasteiger partial charge in [-0.05, 0) is 87.1 Å². The van der Waals surface area contributed by atoms with Crippen molar-refractivity contribution >= 4 is 7.69 Å². The highest BCUT2D eigenvalue weighted by Crippen LogP contribution is 2.30. The maximum absolute atomic E-state index is 5.90. The molecule has 0 atom stereocenters. The van der Waals surface area contributed by atoms with E-state index in [1.807, 2.05) is 52.0 Å². The van der Waals surface area contributed by atoms with Crippen LogP contribution in [0.2, 0.25) is 0 Å². The van der Waals surface area contributed by atoms with Crippen LogP contribution in [-0.4, -0.2) is 20.9 Å². The van der Waals surface area contributed by atoms with E-state index in [0.29, 0.717) is 0 Å². The molecule has 0 bridgehead atoms. The van der Waals surface area contributed by atoms with Crippen LogP contribution in [0, 0.1) is 27.7 Å². The van der Waals surface area contributed by atoms with E-state index in [1.54, 1.807) is 0 Å². The van der Waals surface area contributed by atoms with Crippen molar-refractivity contribution in [2.24, 2.45) is 0 Å². The van der Waals surface area contributed by atoms with Crippen molar-refractivity contribution < 1.29 is 18.8 Å². The fourth-order valence-electron chi connectivity index (χ4n) is 3.18. The first kappa shape index (κ1) is 23.0. The Kier molecular flexibility index (Phi) is 9.23. The van der Waals surface area contributed by atoms with E-state index in [0.717, 1.165) is 84.1 Å². The summed E-state index contributed by atoms with van der Waals surface area (Å²) in [4.78, 5) is 0. The van der Waals surface area contributed by atoms with Crippen LogP contribution in [0.5, 0.6) is 23.0 Å². The third kappa shape index (κ3) is 6.91. The number of hydrogen-bond donors (Lipinski definition) is 0. The molecule has 4 nitrogen and oxygen atoms in total. The van der Waals surface area contributed by atoms with Crippen LogP contribution in [0.15, 0.2) is 24.3 Å². The SMILES string of the molecule is CCCCOc1c(C)cc(O[B]Oc2cc(C)c(OCCCC)c(C)c2)cc1C. The molecule has 0 fully saturated rings. The highest BCUT2D eigenvalue weighted by molar-refractivity contribution is 6.20. The van der Waals surface area contributed by atoms with Crippen molar-refractivity contribution in [3.05, 3.63) is 46.5 Å². The summed E-state index contributed by atoms with van der Waals surface area (Å²) in [5.41, 5.74) is 4.24. The van der Waals surface area contributed by atoms with E-state index in [9.17, 15) is 0 Å². The second-order valence-corrected chi connectivity index (χ2v) is 7.51. The summed E-state index contributed by atoms with van der Waals surface area (Å²) in [5.74, 6) is 3.35. The van der Waals surface area contributed by atoms with Crippen LogP contribution in [0.4, 0.5) is 0 Å². The van der Waals surface area contributed by atoms with Gasteiger partial charge in [0, 0.05) is 0 Å². The molecule has 0 amide bonds. The fraction of sp³-hybridized carbons (Fsp3) is 0.500. The lowest BCUT2D eigenvalue weighted by atomic mass is 10.1. The van der Waals surface area contributed by atoms with Gasteiger partial charge >= 0.3 is 7.69 Å². The quantitative estimate of drug-likeness (QED) is 0.312. The lowest BCUT2D eigenvalue weighted by Crippen LogP contribution is -2.12. The molecule has 0 saturated heterocycles. The molecule has 0 N–H and O–H groups in total. The maximum Gasteiger partial charge on any atom is 0.658 e. The molecule has 29 heavy (non-hydrogen) atoms. The summed E-state index contributed by atoms with van der Waals surface area (Å²) in [6, 6.07) is 7.87. The van der Waals surface area contributed by atoms with Crippen LogP contribution in [0.3, 0.4) is 0 Å². The summed E-state index contributed by atoms with van der Waals surface area (Å²) in [5, 5.41) is 0. The van der Waals surface area contributed by atoms with Crippen molar-refractivity contribution in [3.63, 3.8) is 0 Å². The zero-order valence-electron chi connectivity index (χ0n) is 18.8. The van der Waals surface area contributed by atoms with Gasteiger partial charge < -0.3 is 18.8 Å². The van der Waals surface area contributed by atoms with E-state index in [2.05, 4.69) is 13.8 Å². The molecule has 5 heteroatoms. The molecular weight excluding hydrogens is 363 g/mol. The molecule has 2 aromatic carbocycles. The van der Waals surface area contributed by atoms with Gasteiger partial charge in [0.2, 0.25) is 0 Å². The number of ether oxygens (including phenoxy) is 2. The normalized spacial score (nSPS) is 10.6. The molecular formula is C24H34BO4. The van der Waals surface area contributed by atoms with Crippen LogP contribution in [-0.2, 0) is 0 Å². The van der Waals surface area contributed by atoms with Gasteiger partial charge in [0.15, 0.2) is 0 Å². The maximum atomic E-state index is 5.90. The van der Waals surface area contributed by atoms with Gasteiger partial charge in [-0.1, -0.05) is 26.7 Å². The Hall–Kier alpha value is -2.30. The van der Waals surface area contributed by atoms with Gasteiger partial charge in [0.1, 0.15) is 23.0 Å². The van der Waals surface area contributed by atoms with Crippen molar-refractivity contribution in [2.45, 2.75) is 67.2 Å². The van der Waals surface area contributed by atoms with E-state index in [1.165, 1.54) is 7.69 Å². The molecule has 0 unspecified atom stereocenters. The van der Waals surface area contributed by atoms with E-state index in [-0.39, 0.29) is 0 Å². The number of unbranched alkanes of at least 4 members (excludes halogenated alkanes) is 2. The zero-order valence-corrected chi connectivity index (χ0v) is 18.8. The number of aryl methyl sites for hydroxylation is 4. The largest absolute Gasteiger partial charge is 0.658 e. The summed E-state index contributed by atoms with van der Waals surface area (Å²) in [6.07, 6.45) is 4.35. The molecule has 0 saturated carbocycles. The van der Waals surface area contributed by atoms with Gasteiger partial charge in [0.05, 0.1) is 13.2 Å². The molecule has 2 aromatic rings. The molecule has 0 aliphatic carbocycles. The molecule has 0 aliphatic rings. The van der Waals surface area contributed by atoms with Gasteiger partial charge in [-0.25, -0.2) is 0 Å². The average Bonchev–Trinajstić information content (AvgIpc) is 2.66. The third-order valence-corrected chi connectivity index (χ3v) is 4.72. The molecule has 0 heterocycles. The molecule has 1 radical (unpaired) electrons. The first-order chi connectivity index (χ1) is 14.0.